The molecular formula is C30H28N2O5. The summed E-state index contributed by atoms with van der Waals surface area (Å²) in [6.45, 7) is 0.199. The van der Waals surface area contributed by atoms with Gasteiger partial charge in [-0.2, -0.15) is 0 Å². The van der Waals surface area contributed by atoms with E-state index in [0.29, 0.717) is 5.69 Å². The lowest BCUT2D eigenvalue weighted by Crippen LogP contribution is -2.44. The normalized spacial score (nSPS) is 11.4. The van der Waals surface area contributed by atoms with Crippen molar-refractivity contribution in [1.29, 1.82) is 0 Å². The third-order valence-corrected chi connectivity index (χ3v) is 5.72. The molecule has 0 aliphatic rings. The molecule has 7 nitrogen and oxygen atoms in total. The first-order valence-corrected chi connectivity index (χ1v) is 12.0. The Morgan fingerprint density at radius 3 is 1.95 bits per heavy atom. The van der Waals surface area contributed by atoms with Gasteiger partial charge < -0.3 is 20.1 Å². The summed E-state index contributed by atoms with van der Waals surface area (Å²) < 4.78 is 10.6. The molecule has 1 atom stereocenters. The van der Waals surface area contributed by atoms with Crippen LogP contribution in [0, 0.1) is 0 Å². The van der Waals surface area contributed by atoms with E-state index in [9.17, 15) is 14.4 Å². The van der Waals surface area contributed by atoms with Crippen molar-refractivity contribution in [2.24, 2.45) is 0 Å². The number of nitrogens with one attached hydrogen (secondary N) is 2. The van der Waals surface area contributed by atoms with Crippen LogP contribution in [0.5, 0.6) is 0 Å². The first-order chi connectivity index (χ1) is 18.1. The Morgan fingerprint density at radius 1 is 0.676 bits per heavy atom. The van der Waals surface area contributed by atoms with Gasteiger partial charge in [0.15, 0.2) is 0 Å². The number of benzene rings is 4. The molecule has 0 radical (unpaired) electrons. The largest absolute Gasteiger partial charge is 0.461 e. The molecule has 2 amide bonds. The minimum Gasteiger partial charge on any atom is -0.461 e. The highest BCUT2D eigenvalue weighted by Crippen LogP contribution is 2.19. The molecule has 0 unspecified atom stereocenters. The van der Waals surface area contributed by atoms with E-state index in [2.05, 4.69) is 10.6 Å². The average Bonchev–Trinajstić information content (AvgIpc) is 2.94. The highest BCUT2D eigenvalue weighted by molar-refractivity contribution is 5.98. The predicted octanol–water partition coefficient (Wildman–Crippen LogP) is 5.60. The van der Waals surface area contributed by atoms with Crippen LogP contribution in [0.15, 0.2) is 103 Å². The summed E-state index contributed by atoms with van der Waals surface area (Å²) in [5.41, 5.74) is 2.27. The molecular weight excluding hydrogens is 468 g/mol. The number of anilines is 1. The SMILES string of the molecule is O=C(CC[C@H](NC(=O)OCc1ccccc1)C(=O)Nc1ccc2ccccc2c1)OCc1ccccc1. The van der Waals surface area contributed by atoms with Crippen LogP contribution < -0.4 is 10.6 Å². The second-order valence-electron chi connectivity index (χ2n) is 8.49. The number of esters is 1. The van der Waals surface area contributed by atoms with E-state index in [1.54, 1.807) is 6.07 Å². The van der Waals surface area contributed by atoms with Gasteiger partial charge in [0, 0.05) is 12.1 Å². The van der Waals surface area contributed by atoms with Crippen molar-refractivity contribution < 1.29 is 23.9 Å². The topological polar surface area (TPSA) is 93.7 Å². The molecule has 0 spiro atoms. The molecule has 0 heterocycles. The maximum Gasteiger partial charge on any atom is 0.408 e. The van der Waals surface area contributed by atoms with Gasteiger partial charge in [-0.3, -0.25) is 9.59 Å². The summed E-state index contributed by atoms with van der Waals surface area (Å²) in [7, 11) is 0. The Bertz CT molecular complexity index is 1340. The molecule has 0 bridgehead atoms. The number of hydrogen-bond acceptors (Lipinski definition) is 5. The summed E-state index contributed by atoms with van der Waals surface area (Å²) in [5, 5.41) is 7.44. The number of rotatable bonds is 10. The minimum absolute atomic E-state index is 0.0491. The molecule has 0 fully saturated rings. The molecule has 188 valence electrons. The van der Waals surface area contributed by atoms with E-state index < -0.39 is 24.0 Å². The molecule has 4 rings (SSSR count). The van der Waals surface area contributed by atoms with Gasteiger partial charge in [0.1, 0.15) is 19.3 Å². The molecule has 4 aromatic carbocycles. The lowest BCUT2D eigenvalue weighted by molar-refractivity contribution is -0.145. The first-order valence-electron chi connectivity index (χ1n) is 12.0. The average molecular weight is 497 g/mol. The smallest absolute Gasteiger partial charge is 0.408 e. The number of amides is 2. The molecule has 0 aromatic heterocycles. The number of hydrogen-bond donors (Lipinski definition) is 2. The zero-order chi connectivity index (χ0) is 25.9. The van der Waals surface area contributed by atoms with E-state index in [1.807, 2.05) is 97.1 Å². The number of carbonyl (C=O) groups excluding carboxylic acids is 3. The zero-order valence-electron chi connectivity index (χ0n) is 20.3. The van der Waals surface area contributed by atoms with Crippen LogP contribution in [0.3, 0.4) is 0 Å². The second-order valence-corrected chi connectivity index (χ2v) is 8.49. The molecule has 7 heteroatoms. The Labute approximate surface area is 215 Å². The fraction of sp³-hybridized carbons (Fsp3) is 0.167. The Morgan fingerprint density at radius 2 is 1.27 bits per heavy atom. The van der Waals surface area contributed by atoms with E-state index in [-0.39, 0.29) is 26.1 Å². The van der Waals surface area contributed by atoms with E-state index in [1.165, 1.54) is 0 Å². The summed E-state index contributed by atoms with van der Waals surface area (Å²) in [5.74, 6) is -0.922. The zero-order valence-corrected chi connectivity index (χ0v) is 20.3. The van der Waals surface area contributed by atoms with Gasteiger partial charge in [0.25, 0.3) is 0 Å². The minimum atomic E-state index is -1.00. The van der Waals surface area contributed by atoms with E-state index >= 15 is 0 Å². The molecule has 0 aliphatic carbocycles. The van der Waals surface area contributed by atoms with Crippen LogP contribution in [0.25, 0.3) is 10.8 Å². The maximum atomic E-state index is 13.1. The third-order valence-electron chi connectivity index (χ3n) is 5.72. The Kier molecular flexibility index (Phi) is 8.86. The summed E-state index contributed by atoms with van der Waals surface area (Å²) in [6.07, 6.45) is -0.755. The van der Waals surface area contributed by atoms with E-state index in [4.69, 9.17) is 9.47 Å². The molecule has 4 aromatic rings. The quantitative estimate of drug-likeness (QED) is 0.279. The lowest BCUT2D eigenvalue weighted by atomic mass is 10.1. The van der Waals surface area contributed by atoms with Crippen molar-refractivity contribution in [3.05, 3.63) is 114 Å². The van der Waals surface area contributed by atoms with Crippen molar-refractivity contribution in [3.63, 3.8) is 0 Å². The van der Waals surface area contributed by atoms with Crippen molar-refractivity contribution in [1.82, 2.24) is 5.32 Å². The van der Waals surface area contributed by atoms with Crippen LogP contribution in [0.4, 0.5) is 10.5 Å². The Balaban J connectivity index is 1.37. The standard InChI is InChI=1S/C30H28N2O5/c33-28(36-20-22-9-3-1-4-10-22)18-17-27(32-30(35)37-21-23-11-5-2-6-12-23)29(34)31-26-16-15-24-13-7-8-14-25(24)19-26/h1-16,19,27H,17-18,20-21H2,(H,31,34)(H,32,35)/t27-/m0/s1. The van der Waals surface area contributed by atoms with Gasteiger partial charge in [-0.25, -0.2) is 4.79 Å². The fourth-order valence-electron chi connectivity index (χ4n) is 3.74. The van der Waals surface area contributed by atoms with Gasteiger partial charge in [-0.05, 0) is 40.5 Å². The maximum absolute atomic E-state index is 13.1. The lowest BCUT2D eigenvalue weighted by Gasteiger charge is -2.18. The van der Waals surface area contributed by atoms with Crippen LogP contribution in [-0.2, 0) is 32.3 Å². The van der Waals surface area contributed by atoms with Crippen molar-refractivity contribution in [2.45, 2.75) is 32.1 Å². The van der Waals surface area contributed by atoms with Gasteiger partial charge in [0.2, 0.25) is 5.91 Å². The second kappa shape index (κ2) is 12.9. The number of fused-ring (bicyclic) bond motifs is 1. The van der Waals surface area contributed by atoms with Gasteiger partial charge in [0.05, 0.1) is 0 Å². The number of ether oxygens (including phenoxy) is 2. The summed E-state index contributed by atoms with van der Waals surface area (Å²) in [4.78, 5) is 37.9. The number of carbonyl (C=O) groups is 3. The highest BCUT2D eigenvalue weighted by atomic mass is 16.5. The van der Waals surface area contributed by atoms with Crippen LogP contribution in [-0.4, -0.2) is 24.0 Å². The first kappa shape index (κ1) is 25.4. The summed E-state index contributed by atoms with van der Waals surface area (Å²) >= 11 is 0. The van der Waals surface area contributed by atoms with E-state index in [0.717, 1.165) is 21.9 Å². The highest BCUT2D eigenvalue weighted by Gasteiger charge is 2.23. The summed E-state index contributed by atoms with van der Waals surface area (Å²) in [6, 6.07) is 30.9. The fourth-order valence-corrected chi connectivity index (χ4v) is 3.74. The van der Waals surface area contributed by atoms with Gasteiger partial charge in [-0.15, -0.1) is 0 Å². The van der Waals surface area contributed by atoms with Crippen molar-refractivity contribution >= 4 is 34.4 Å². The molecule has 0 saturated heterocycles. The molecule has 37 heavy (non-hydrogen) atoms. The third kappa shape index (κ3) is 7.93. The van der Waals surface area contributed by atoms with Crippen molar-refractivity contribution in [3.8, 4) is 0 Å². The monoisotopic (exact) mass is 496 g/mol. The molecule has 2 N–H and O–H groups in total. The molecule has 0 saturated carbocycles. The van der Waals surface area contributed by atoms with Crippen LogP contribution in [0.2, 0.25) is 0 Å². The van der Waals surface area contributed by atoms with Crippen molar-refractivity contribution in [2.75, 3.05) is 5.32 Å². The Hall–Kier alpha value is -4.65. The van der Waals surface area contributed by atoms with Crippen LogP contribution >= 0.6 is 0 Å². The molecule has 0 aliphatic heterocycles. The predicted molar refractivity (Wildman–Crippen MR) is 142 cm³/mol. The van der Waals surface area contributed by atoms with Crippen LogP contribution in [0.1, 0.15) is 24.0 Å². The van der Waals surface area contributed by atoms with Gasteiger partial charge >= 0.3 is 12.1 Å². The van der Waals surface area contributed by atoms with Gasteiger partial charge in [-0.1, -0.05) is 91.0 Å². The number of alkyl carbamates (subject to hydrolysis) is 1.